The van der Waals surface area contributed by atoms with Crippen molar-refractivity contribution in [3.63, 3.8) is 0 Å². The minimum Gasteiger partial charge on any atom is -0.466 e. The lowest BCUT2D eigenvalue weighted by Crippen LogP contribution is -2.39. The second kappa shape index (κ2) is 8.63. The third-order valence-corrected chi connectivity index (χ3v) is 6.19. The van der Waals surface area contributed by atoms with Gasteiger partial charge in [0.05, 0.1) is 30.8 Å². The van der Waals surface area contributed by atoms with Crippen LogP contribution in [0.2, 0.25) is 5.02 Å². The summed E-state index contributed by atoms with van der Waals surface area (Å²) >= 11 is 7.69. The fourth-order valence-corrected chi connectivity index (χ4v) is 4.46. The number of fused-ring (bicyclic) bond motifs is 1. The minimum absolute atomic E-state index is 0.00355. The van der Waals surface area contributed by atoms with Gasteiger partial charge >= 0.3 is 5.97 Å². The first-order valence-corrected chi connectivity index (χ1v) is 10.5. The molecular formula is C21H24ClN3O3S. The first kappa shape index (κ1) is 21.5. The molecule has 0 fully saturated rings. The van der Waals surface area contributed by atoms with Gasteiger partial charge < -0.3 is 14.5 Å². The van der Waals surface area contributed by atoms with Gasteiger partial charge in [-0.05, 0) is 43.9 Å². The minimum atomic E-state index is -0.466. The van der Waals surface area contributed by atoms with E-state index in [0.717, 1.165) is 16.4 Å². The molecule has 1 aromatic rings. The Hall–Kier alpha value is -2.25. The summed E-state index contributed by atoms with van der Waals surface area (Å²) < 4.78 is 5.05. The molecule has 0 radical (unpaired) electrons. The highest BCUT2D eigenvalue weighted by molar-refractivity contribution is 8.16. The van der Waals surface area contributed by atoms with Crippen molar-refractivity contribution in [1.82, 2.24) is 9.80 Å². The smallest absolute Gasteiger partial charge is 0.338 e. The van der Waals surface area contributed by atoms with Crippen LogP contribution in [0.5, 0.6) is 0 Å². The van der Waals surface area contributed by atoms with E-state index in [9.17, 15) is 9.59 Å². The number of aliphatic imine (C=N–C) groups is 1. The highest BCUT2D eigenvalue weighted by atomic mass is 35.5. The lowest BCUT2D eigenvalue weighted by Gasteiger charge is -2.36. The number of ether oxygens (including phenoxy) is 1. The Balaban J connectivity index is 2.05. The van der Waals surface area contributed by atoms with Crippen molar-refractivity contribution in [3.8, 4) is 0 Å². The molecule has 6 nitrogen and oxygen atoms in total. The number of amides is 1. The molecule has 0 bridgehead atoms. The number of hydrogen-bond donors (Lipinski definition) is 0. The first-order valence-electron chi connectivity index (χ1n) is 9.28. The quantitative estimate of drug-likeness (QED) is 0.646. The van der Waals surface area contributed by atoms with Crippen molar-refractivity contribution < 1.29 is 14.3 Å². The van der Waals surface area contributed by atoms with Crippen LogP contribution in [0.3, 0.4) is 0 Å². The molecule has 154 valence electrons. The highest BCUT2D eigenvalue weighted by Crippen LogP contribution is 2.45. The largest absolute Gasteiger partial charge is 0.466 e. The Morgan fingerprint density at radius 2 is 2.10 bits per heavy atom. The van der Waals surface area contributed by atoms with E-state index in [1.165, 1.54) is 18.9 Å². The van der Waals surface area contributed by atoms with E-state index in [4.69, 9.17) is 16.3 Å². The molecule has 0 aromatic heterocycles. The van der Waals surface area contributed by atoms with Gasteiger partial charge in [-0.2, -0.15) is 0 Å². The monoisotopic (exact) mass is 433 g/mol. The SMILES string of the molecule is COC(=O)C1=C(C)N=C2SC=C(CC(=O)N(C)C(C)C)N2C1c1cccc(Cl)c1. The number of allylic oxidation sites excluding steroid dienone is 1. The molecule has 1 unspecified atom stereocenters. The topological polar surface area (TPSA) is 62.2 Å². The summed E-state index contributed by atoms with van der Waals surface area (Å²) in [7, 11) is 3.15. The number of hydrogen-bond acceptors (Lipinski definition) is 6. The Morgan fingerprint density at radius 3 is 2.72 bits per heavy atom. The van der Waals surface area contributed by atoms with Gasteiger partial charge in [-0.1, -0.05) is 35.5 Å². The van der Waals surface area contributed by atoms with E-state index in [0.29, 0.717) is 16.3 Å². The van der Waals surface area contributed by atoms with Gasteiger partial charge in [-0.3, -0.25) is 4.79 Å². The molecule has 8 heteroatoms. The van der Waals surface area contributed by atoms with E-state index < -0.39 is 12.0 Å². The van der Waals surface area contributed by atoms with E-state index in [-0.39, 0.29) is 18.4 Å². The summed E-state index contributed by atoms with van der Waals surface area (Å²) in [5.41, 5.74) is 2.67. The highest BCUT2D eigenvalue weighted by Gasteiger charge is 2.41. The molecule has 1 atom stereocenters. The lowest BCUT2D eigenvalue weighted by molar-refractivity contribution is -0.136. The number of carbonyl (C=O) groups excluding carboxylic acids is 2. The van der Waals surface area contributed by atoms with Gasteiger partial charge in [0.25, 0.3) is 0 Å². The average Bonchev–Trinajstić information content (AvgIpc) is 3.07. The van der Waals surface area contributed by atoms with Crippen LogP contribution in [0.25, 0.3) is 0 Å². The van der Waals surface area contributed by atoms with Gasteiger partial charge in [-0.15, -0.1) is 0 Å². The second-order valence-electron chi connectivity index (χ2n) is 7.21. The maximum atomic E-state index is 12.7. The third-order valence-electron chi connectivity index (χ3n) is 5.07. The van der Waals surface area contributed by atoms with Crippen molar-refractivity contribution in [2.75, 3.05) is 14.2 Å². The predicted octanol–water partition coefficient (Wildman–Crippen LogP) is 4.34. The molecule has 0 N–H and O–H groups in total. The number of benzene rings is 1. The zero-order valence-corrected chi connectivity index (χ0v) is 18.7. The van der Waals surface area contributed by atoms with E-state index >= 15 is 0 Å². The van der Waals surface area contributed by atoms with Gasteiger partial charge in [0.2, 0.25) is 5.91 Å². The lowest BCUT2D eigenvalue weighted by atomic mass is 9.94. The Bertz CT molecular complexity index is 939. The molecule has 0 spiro atoms. The Labute approximate surface area is 180 Å². The normalized spacial score (nSPS) is 18.4. The number of methoxy groups -OCH3 is 1. The van der Waals surface area contributed by atoms with Crippen LogP contribution >= 0.6 is 23.4 Å². The van der Waals surface area contributed by atoms with Crippen LogP contribution in [0.1, 0.15) is 38.8 Å². The molecular weight excluding hydrogens is 410 g/mol. The van der Waals surface area contributed by atoms with Crippen molar-refractivity contribution in [2.45, 2.75) is 39.3 Å². The maximum Gasteiger partial charge on any atom is 0.338 e. The number of rotatable bonds is 5. The van der Waals surface area contributed by atoms with Crippen LogP contribution in [-0.2, 0) is 14.3 Å². The van der Waals surface area contributed by atoms with Crippen molar-refractivity contribution in [2.24, 2.45) is 4.99 Å². The summed E-state index contributed by atoms with van der Waals surface area (Å²) in [6.45, 7) is 5.74. The summed E-state index contributed by atoms with van der Waals surface area (Å²) in [5, 5.41) is 3.23. The third kappa shape index (κ3) is 4.21. The zero-order chi connectivity index (χ0) is 21.3. The Morgan fingerprint density at radius 1 is 1.38 bits per heavy atom. The predicted molar refractivity (Wildman–Crippen MR) is 116 cm³/mol. The van der Waals surface area contributed by atoms with Crippen LogP contribution in [0, 0.1) is 0 Å². The van der Waals surface area contributed by atoms with Crippen LogP contribution < -0.4 is 0 Å². The number of amidine groups is 1. The average molecular weight is 434 g/mol. The number of esters is 1. The molecule has 1 aromatic carbocycles. The standard InChI is InChI=1S/C21H24ClN3O3S/c1-12(2)24(4)17(26)10-16-11-29-21-23-13(3)18(20(27)28-5)19(25(16)21)14-7-6-8-15(22)9-14/h6-9,11-12,19H,10H2,1-5H3. The molecule has 0 saturated carbocycles. The van der Waals surface area contributed by atoms with E-state index in [1.807, 2.05) is 42.4 Å². The van der Waals surface area contributed by atoms with Crippen molar-refractivity contribution in [3.05, 3.63) is 57.2 Å². The van der Waals surface area contributed by atoms with Crippen LogP contribution in [0.4, 0.5) is 0 Å². The Kier molecular flexibility index (Phi) is 6.39. The van der Waals surface area contributed by atoms with Crippen molar-refractivity contribution in [1.29, 1.82) is 0 Å². The number of thioether (sulfide) groups is 1. The number of carbonyl (C=O) groups is 2. The molecule has 0 aliphatic carbocycles. The van der Waals surface area contributed by atoms with Gasteiger partial charge in [-0.25, -0.2) is 9.79 Å². The maximum absolute atomic E-state index is 12.7. The van der Waals surface area contributed by atoms with Gasteiger partial charge in [0.1, 0.15) is 0 Å². The van der Waals surface area contributed by atoms with Crippen molar-refractivity contribution >= 4 is 40.4 Å². The van der Waals surface area contributed by atoms with Crippen LogP contribution in [-0.4, -0.2) is 47.0 Å². The first-order chi connectivity index (χ1) is 13.7. The second-order valence-corrected chi connectivity index (χ2v) is 8.49. The fraction of sp³-hybridized carbons (Fsp3) is 0.381. The molecule has 29 heavy (non-hydrogen) atoms. The zero-order valence-electron chi connectivity index (χ0n) is 17.1. The van der Waals surface area contributed by atoms with E-state index in [2.05, 4.69) is 4.99 Å². The number of halogens is 1. The van der Waals surface area contributed by atoms with E-state index in [1.54, 1.807) is 24.9 Å². The molecule has 2 heterocycles. The molecule has 0 saturated heterocycles. The van der Waals surface area contributed by atoms with Crippen LogP contribution in [0.15, 0.2) is 51.6 Å². The summed E-state index contributed by atoms with van der Waals surface area (Å²) in [6.07, 6.45) is 0.214. The van der Waals surface area contributed by atoms with Gasteiger partial charge in [0.15, 0.2) is 5.17 Å². The number of nitrogens with zero attached hydrogens (tertiary/aromatic N) is 3. The molecule has 2 aliphatic rings. The fourth-order valence-electron chi connectivity index (χ4n) is 3.30. The summed E-state index contributed by atoms with van der Waals surface area (Å²) in [6, 6.07) is 7.01. The molecule has 2 aliphatic heterocycles. The van der Waals surface area contributed by atoms with Gasteiger partial charge in [0, 0.05) is 23.8 Å². The molecule has 3 rings (SSSR count). The molecule has 1 amide bonds. The summed E-state index contributed by atoms with van der Waals surface area (Å²) in [5.74, 6) is -0.444. The summed E-state index contributed by atoms with van der Waals surface area (Å²) in [4.78, 5) is 33.6.